The largest absolute Gasteiger partial charge is 0.328 e. The van der Waals surface area contributed by atoms with Crippen LogP contribution < -0.4 is 0 Å². The van der Waals surface area contributed by atoms with Crippen LogP contribution in [0.2, 0.25) is 0 Å². The van der Waals surface area contributed by atoms with E-state index in [2.05, 4.69) is 15.3 Å². The molecule has 2 heterocycles. The normalized spacial score (nSPS) is 16.9. The number of carbonyl (C=O) groups is 1. The van der Waals surface area contributed by atoms with Gasteiger partial charge in [-0.25, -0.2) is 9.78 Å². The molecule has 18 heavy (non-hydrogen) atoms. The lowest BCUT2D eigenvalue weighted by Gasteiger charge is -2.36. The zero-order chi connectivity index (χ0) is 13.0. The monoisotopic (exact) mass is 268 g/mol. The van der Waals surface area contributed by atoms with Crippen molar-refractivity contribution in [1.82, 2.24) is 19.7 Å². The lowest BCUT2D eigenvalue weighted by Crippen LogP contribution is -2.51. The number of rotatable bonds is 3. The highest BCUT2D eigenvalue weighted by atomic mass is 32.1. The maximum absolute atomic E-state index is 12.0. The van der Waals surface area contributed by atoms with Gasteiger partial charge in [-0.3, -0.25) is 4.90 Å². The first-order valence-corrected chi connectivity index (χ1v) is 7.24. The molecule has 1 saturated heterocycles. The van der Waals surface area contributed by atoms with Gasteiger partial charge >= 0.3 is 6.03 Å². The molecule has 6 heteroatoms. The molecule has 1 fully saturated rings. The third kappa shape index (κ3) is 3.20. The fraction of sp³-hybridized carbons (Fsp3) is 0.667. The van der Waals surface area contributed by atoms with Gasteiger partial charge in [0.15, 0.2) is 0 Å². The fourth-order valence-corrected chi connectivity index (χ4v) is 2.57. The van der Waals surface area contributed by atoms with E-state index in [1.165, 1.54) is 0 Å². The minimum Gasteiger partial charge on any atom is -0.328 e. The Balaban J connectivity index is 1.79. The Hall–Kier alpha value is -1.14. The van der Waals surface area contributed by atoms with Crippen molar-refractivity contribution in [3.63, 3.8) is 0 Å². The van der Waals surface area contributed by atoms with Gasteiger partial charge in [-0.05, 0) is 6.92 Å². The van der Waals surface area contributed by atoms with Gasteiger partial charge in [0.2, 0.25) is 0 Å². The molecule has 1 aliphatic rings. The van der Waals surface area contributed by atoms with Crippen molar-refractivity contribution in [2.45, 2.75) is 13.5 Å². The summed E-state index contributed by atoms with van der Waals surface area (Å²) in [7, 11) is 1.85. The van der Waals surface area contributed by atoms with Gasteiger partial charge in [-0.1, -0.05) is 0 Å². The van der Waals surface area contributed by atoms with E-state index < -0.39 is 0 Å². The van der Waals surface area contributed by atoms with E-state index in [1.807, 2.05) is 24.4 Å². The Morgan fingerprint density at radius 2 is 2.17 bits per heavy atom. The summed E-state index contributed by atoms with van der Waals surface area (Å²) in [6.45, 7) is 7.14. The average molecular weight is 268 g/mol. The third-order valence-corrected chi connectivity index (χ3v) is 3.95. The number of piperazine rings is 1. The van der Waals surface area contributed by atoms with Crippen molar-refractivity contribution < 1.29 is 4.79 Å². The summed E-state index contributed by atoms with van der Waals surface area (Å²) >= 11 is 1.63. The van der Waals surface area contributed by atoms with Crippen molar-refractivity contribution in [1.29, 1.82) is 0 Å². The van der Waals surface area contributed by atoms with Crippen molar-refractivity contribution in [2.75, 3.05) is 39.8 Å². The number of carbonyl (C=O) groups excluding carboxylic acids is 1. The van der Waals surface area contributed by atoms with Gasteiger partial charge in [0.1, 0.15) is 0 Å². The van der Waals surface area contributed by atoms with Crippen LogP contribution in [0.3, 0.4) is 0 Å². The molecule has 0 bridgehead atoms. The summed E-state index contributed by atoms with van der Waals surface area (Å²) in [6.07, 6.45) is 0. The van der Waals surface area contributed by atoms with E-state index in [4.69, 9.17) is 0 Å². The number of thiazole rings is 1. The Morgan fingerprint density at radius 3 is 2.72 bits per heavy atom. The van der Waals surface area contributed by atoms with Crippen LogP contribution in [-0.4, -0.2) is 65.5 Å². The lowest BCUT2D eigenvalue weighted by atomic mass is 10.3. The number of nitrogens with zero attached hydrogens (tertiary/aromatic N) is 4. The van der Waals surface area contributed by atoms with Gasteiger partial charge in [0.25, 0.3) is 0 Å². The van der Waals surface area contributed by atoms with Crippen LogP contribution in [0.25, 0.3) is 0 Å². The molecule has 0 saturated carbocycles. The zero-order valence-corrected chi connectivity index (χ0v) is 11.8. The van der Waals surface area contributed by atoms with E-state index in [1.54, 1.807) is 16.2 Å². The number of urea groups is 1. The quantitative estimate of drug-likeness (QED) is 0.830. The standard InChI is InChI=1S/C12H20N4OS/c1-3-14(2)12(17)16-6-4-15(5-7-16)8-11-9-18-10-13-11/h9-10H,3-8H2,1-2H3. The van der Waals surface area contributed by atoms with Gasteiger partial charge < -0.3 is 9.80 Å². The molecular weight excluding hydrogens is 248 g/mol. The van der Waals surface area contributed by atoms with Crippen molar-refractivity contribution in [3.8, 4) is 0 Å². The molecule has 100 valence electrons. The first kappa shape index (κ1) is 13.3. The van der Waals surface area contributed by atoms with Crippen molar-refractivity contribution in [3.05, 3.63) is 16.6 Å². The topological polar surface area (TPSA) is 39.7 Å². The van der Waals surface area contributed by atoms with Gasteiger partial charge in [0.05, 0.1) is 11.2 Å². The predicted octanol–water partition coefficient (Wildman–Crippen LogP) is 1.33. The van der Waals surface area contributed by atoms with E-state index in [-0.39, 0.29) is 6.03 Å². The molecule has 2 amide bonds. The van der Waals surface area contributed by atoms with Crippen LogP contribution in [-0.2, 0) is 6.54 Å². The summed E-state index contributed by atoms with van der Waals surface area (Å²) in [5.74, 6) is 0. The summed E-state index contributed by atoms with van der Waals surface area (Å²) in [4.78, 5) is 22.3. The summed E-state index contributed by atoms with van der Waals surface area (Å²) in [6, 6.07) is 0.144. The maximum atomic E-state index is 12.0. The van der Waals surface area contributed by atoms with Crippen LogP contribution in [0.15, 0.2) is 10.9 Å². The number of hydrogen-bond donors (Lipinski definition) is 0. The Labute approximate surface area is 112 Å². The molecule has 1 aromatic heterocycles. The number of amides is 2. The predicted molar refractivity (Wildman–Crippen MR) is 72.7 cm³/mol. The SMILES string of the molecule is CCN(C)C(=O)N1CCN(Cc2cscn2)CC1. The molecule has 0 aliphatic carbocycles. The summed E-state index contributed by atoms with van der Waals surface area (Å²) in [5, 5.41) is 2.09. The minimum atomic E-state index is 0.144. The molecule has 0 unspecified atom stereocenters. The minimum absolute atomic E-state index is 0.144. The van der Waals surface area contributed by atoms with Gasteiger partial charge in [-0.15, -0.1) is 11.3 Å². The van der Waals surface area contributed by atoms with Crippen molar-refractivity contribution in [2.24, 2.45) is 0 Å². The zero-order valence-electron chi connectivity index (χ0n) is 11.0. The highest BCUT2D eigenvalue weighted by molar-refractivity contribution is 7.07. The van der Waals surface area contributed by atoms with Crippen LogP contribution in [0.1, 0.15) is 12.6 Å². The van der Waals surface area contributed by atoms with E-state index in [0.29, 0.717) is 0 Å². The highest BCUT2D eigenvalue weighted by Gasteiger charge is 2.22. The smallest absolute Gasteiger partial charge is 0.319 e. The molecule has 1 aromatic rings. The lowest BCUT2D eigenvalue weighted by molar-refractivity contribution is 0.116. The molecule has 0 aromatic carbocycles. The van der Waals surface area contributed by atoms with Crippen LogP contribution in [0.4, 0.5) is 4.79 Å². The van der Waals surface area contributed by atoms with E-state index >= 15 is 0 Å². The first-order valence-electron chi connectivity index (χ1n) is 6.30. The molecule has 0 atom stereocenters. The third-order valence-electron chi connectivity index (χ3n) is 3.31. The van der Waals surface area contributed by atoms with E-state index in [9.17, 15) is 4.79 Å². The Kier molecular flexibility index (Phi) is 4.54. The van der Waals surface area contributed by atoms with Crippen LogP contribution in [0.5, 0.6) is 0 Å². The molecule has 0 N–H and O–H groups in total. The first-order chi connectivity index (χ1) is 8.70. The van der Waals surface area contributed by atoms with Gasteiger partial charge in [0, 0.05) is 51.7 Å². The van der Waals surface area contributed by atoms with Crippen LogP contribution in [0, 0.1) is 0 Å². The average Bonchev–Trinajstić information content (AvgIpc) is 2.91. The molecule has 0 radical (unpaired) electrons. The molecule has 0 spiro atoms. The Bertz CT molecular complexity index is 373. The fourth-order valence-electron chi connectivity index (χ4n) is 2.02. The van der Waals surface area contributed by atoms with Crippen LogP contribution >= 0.6 is 11.3 Å². The summed E-state index contributed by atoms with van der Waals surface area (Å²) < 4.78 is 0. The Morgan fingerprint density at radius 1 is 1.44 bits per heavy atom. The van der Waals surface area contributed by atoms with Crippen molar-refractivity contribution >= 4 is 17.4 Å². The maximum Gasteiger partial charge on any atom is 0.319 e. The second kappa shape index (κ2) is 6.15. The van der Waals surface area contributed by atoms with E-state index in [0.717, 1.165) is 45.0 Å². The number of aromatic nitrogens is 1. The van der Waals surface area contributed by atoms with Gasteiger partial charge in [-0.2, -0.15) is 0 Å². The molecular formula is C12H20N4OS. The second-order valence-corrected chi connectivity index (χ2v) is 5.26. The molecule has 2 rings (SSSR count). The molecule has 1 aliphatic heterocycles. The second-order valence-electron chi connectivity index (χ2n) is 4.54. The number of hydrogen-bond acceptors (Lipinski definition) is 4. The highest BCUT2D eigenvalue weighted by Crippen LogP contribution is 2.09. The summed E-state index contributed by atoms with van der Waals surface area (Å²) in [5.41, 5.74) is 3.00. The molecule has 5 nitrogen and oxygen atoms in total.